The first-order valence-corrected chi connectivity index (χ1v) is 7.21. The van der Waals surface area contributed by atoms with Crippen molar-refractivity contribution < 1.29 is 13.7 Å². The second-order valence-corrected chi connectivity index (χ2v) is 6.97. The van der Waals surface area contributed by atoms with E-state index in [9.17, 15) is 4.39 Å². The molecule has 1 aromatic rings. The van der Waals surface area contributed by atoms with Gasteiger partial charge in [0.25, 0.3) is 0 Å². The molecular weight excluding hydrogens is 254 g/mol. The molecule has 1 aliphatic heterocycles. The minimum atomic E-state index is -0.639. The minimum Gasteiger partial charge on any atom is -0.399 e. The van der Waals surface area contributed by atoms with E-state index in [-0.39, 0.29) is 5.82 Å². The molecule has 0 amide bonds. The van der Waals surface area contributed by atoms with E-state index in [1.54, 1.807) is 6.07 Å². The summed E-state index contributed by atoms with van der Waals surface area (Å²) in [4.78, 5) is 0. The average molecular weight is 278 g/mol. The fraction of sp³-hybridized carbons (Fsp3) is 0.625. The van der Waals surface area contributed by atoms with Gasteiger partial charge in [0.05, 0.1) is 11.2 Å². The normalized spacial score (nSPS) is 20.8. The van der Waals surface area contributed by atoms with Crippen molar-refractivity contribution in [2.45, 2.75) is 65.6 Å². The number of halogens is 1. The maximum absolute atomic E-state index is 14.4. The molecule has 0 N–H and O–H groups in total. The van der Waals surface area contributed by atoms with E-state index >= 15 is 0 Å². The van der Waals surface area contributed by atoms with E-state index in [4.69, 9.17) is 9.31 Å². The molecule has 1 saturated heterocycles. The minimum absolute atomic E-state index is 0.252. The van der Waals surface area contributed by atoms with Gasteiger partial charge in [0.15, 0.2) is 0 Å². The topological polar surface area (TPSA) is 18.5 Å². The zero-order chi connectivity index (χ0) is 15.3. The summed E-state index contributed by atoms with van der Waals surface area (Å²) < 4.78 is 26.2. The van der Waals surface area contributed by atoms with Crippen LogP contribution in [0, 0.1) is 12.7 Å². The summed E-state index contributed by atoms with van der Waals surface area (Å²) in [5.74, 6) is 0.0506. The highest BCUT2D eigenvalue weighted by molar-refractivity contribution is 6.62. The monoisotopic (exact) mass is 278 g/mol. The van der Waals surface area contributed by atoms with Gasteiger partial charge in [-0.05, 0) is 57.7 Å². The van der Waals surface area contributed by atoms with Crippen LogP contribution in [0.25, 0.3) is 0 Å². The summed E-state index contributed by atoms with van der Waals surface area (Å²) >= 11 is 0. The largest absolute Gasteiger partial charge is 0.497 e. The maximum atomic E-state index is 14.4. The third kappa shape index (κ3) is 2.51. The quantitative estimate of drug-likeness (QED) is 0.770. The Morgan fingerprint density at radius 1 is 1.05 bits per heavy atom. The van der Waals surface area contributed by atoms with Gasteiger partial charge < -0.3 is 9.31 Å². The van der Waals surface area contributed by atoms with E-state index in [0.29, 0.717) is 11.4 Å². The Bertz CT molecular complexity index is 507. The second-order valence-electron chi connectivity index (χ2n) is 6.97. The van der Waals surface area contributed by atoms with Crippen molar-refractivity contribution in [1.29, 1.82) is 0 Å². The zero-order valence-electron chi connectivity index (χ0n) is 13.5. The van der Waals surface area contributed by atoms with Crippen LogP contribution in [0.2, 0.25) is 0 Å². The predicted octanol–water partition coefficient (Wildman–Crippen LogP) is 3.56. The highest BCUT2D eigenvalue weighted by atomic mass is 19.1. The number of aryl methyl sites for hydroxylation is 1. The zero-order valence-corrected chi connectivity index (χ0v) is 13.5. The van der Waals surface area contributed by atoms with E-state index in [1.807, 2.05) is 40.7 Å². The second kappa shape index (κ2) is 4.85. The van der Waals surface area contributed by atoms with Crippen LogP contribution >= 0.6 is 0 Å². The number of benzene rings is 1. The molecule has 110 valence electrons. The molecule has 20 heavy (non-hydrogen) atoms. The van der Waals surface area contributed by atoms with E-state index in [0.717, 1.165) is 11.1 Å². The van der Waals surface area contributed by atoms with Gasteiger partial charge in [-0.2, -0.15) is 0 Å². The van der Waals surface area contributed by atoms with Gasteiger partial charge in [-0.3, -0.25) is 0 Å². The number of rotatable bonds is 2. The molecule has 1 aliphatic rings. The standard InChI is InChI=1S/C16H24BFO2/c1-10(2)12-9-14(18)13(8-11(12)3)17-19-15(4,5)16(6,7)20-17/h8-10H,1-7H3. The fourth-order valence-corrected chi connectivity index (χ4v) is 2.49. The molecule has 0 spiro atoms. The smallest absolute Gasteiger partial charge is 0.399 e. The molecular formula is C16H24BFO2. The van der Waals surface area contributed by atoms with E-state index in [1.165, 1.54) is 0 Å². The summed E-state index contributed by atoms with van der Waals surface area (Å²) in [6.45, 7) is 14.0. The molecule has 0 unspecified atom stereocenters. The highest BCUT2D eigenvalue weighted by Gasteiger charge is 2.52. The molecule has 2 rings (SSSR count). The average Bonchev–Trinajstić information content (AvgIpc) is 2.50. The predicted molar refractivity (Wildman–Crippen MR) is 80.9 cm³/mol. The Morgan fingerprint density at radius 2 is 1.55 bits per heavy atom. The van der Waals surface area contributed by atoms with Crippen LogP contribution in [0.1, 0.15) is 58.6 Å². The van der Waals surface area contributed by atoms with Crippen LogP contribution in [0.3, 0.4) is 0 Å². The van der Waals surface area contributed by atoms with E-state index in [2.05, 4.69) is 13.8 Å². The van der Waals surface area contributed by atoms with Crippen molar-refractivity contribution in [1.82, 2.24) is 0 Å². The Hall–Kier alpha value is -0.865. The van der Waals surface area contributed by atoms with Gasteiger partial charge in [-0.1, -0.05) is 19.9 Å². The van der Waals surface area contributed by atoms with Crippen molar-refractivity contribution in [3.8, 4) is 0 Å². The third-order valence-corrected chi connectivity index (χ3v) is 4.51. The van der Waals surface area contributed by atoms with Crippen molar-refractivity contribution in [2.75, 3.05) is 0 Å². The molecule has 0 bridgehead atoms. The van der Waals surface area contributed by atoms with Gasteiger partial charge >= 0.3 is 7.12 Å². The number of hydrogen-bond donors (Lipinski definition) is 0. The van der Waals surface area contributed by atoms with E-state index < -0.39 is 18.3 Å². The molecule has 2 nitrogen and oxygen atoms in total. The lowest BCUT2D eigenvalue weighted by atomic mass is 9.76. The van der Waals surface area contributed by atoms with Gasteiger partial charge in [-0.15, -0.1) is 0 Å². The summed E-state index contributed by atoms with van der Waals surface area (Å²) in [5.41, 5.74) is 1.70. The molecule has 0 radical (unpaired) electrons. The summed E-state index contributed by atoms with van der Waals surface area (Å²) in [6, 6.07) is 3.47. The van der Waals surface area contributed by atoms with Crippen LogP contribution in [0.5, 0.6) is 0 Å². The van der Waals surface area contributed by atoms with Gasteiger partial charge in [0, 0.05) is 5.46 Å². The first kappa shape index (κ1) is 15.5. The first-order chi connectivity index (χ1) is 9.05. The Morgan fingerprint density at radius 3 is 2.00 bits per heavy atom. The van der Waals surface area contributed by atoms with Crippen LogP contribution in [0.15, 0.2) is 12.1 Å². The van der Waals surface area contributed by atoms with Gasteiger partial charge in [0.2, 0.25) is 0 Å². The third-order valence-electron chi connectivity index (χ3n) is 4.51. The fourth-order valence-electron chi connectivity index (χ4n) is 2.49. The lowest BCUT2D eigenvalue weighted by Crippen LogP contribution is -2.41. The molecule has 0 atom stereocenters. The van der Waals surface area contributed by atoms with Crippen LogP contribution in [0.4, 0.5) is 4.39 Å². The van der Waals surface area contributed by atoms with Crippen LogP contribution in [-0.4, -0.2) is 18.3 Å². The Kier molecular flexibility index (Phi) is 3.76. The Balaban J connectivity index is 2.39. The molecule has 4 heteroatoms. The van der Waals surface area contributed by atoms with Crippen molar-refractivity contribution in [3.05, 3.63) is 29.1 Å². The van der Waals surface area contributed by atoms with Crippen molar-refractivity contribution >= 4 is 12.6 Å². The lowest BCUT2D eigenvalue weighted by Gasteiger charge is -2.32. The molecule has 0 aromatic heterocycles. The maximum Gasteiger partial charge on any atom is 0.497 e. The molecule has 1 heterocycles. The summed E-state index contributed by atoms with van der Waals surface area (Å²) in [7, 11) is -0.639. The molecule has 1 aromatic carbocycles. The summed E-state index contributed by atoms with van der Waals surface area (Å²) in [5, 5.41) is 0. The van der Waals surface area contributed by atoms with Crippen molar-refractivity contribution in [3.63, 3.8) is 0 Å². The van der Waals surface area contributed by atoms with Crippen LogP contribution < -0.4 is 5.46 Å². The first-order valence-electron chi connectivity index (χ1n) is 7.21. The van der Waals surface area contributed by atoms with Gasteiger partial charge in [0.1, 0.15) is 5.82 Å². The lowest BCUT2D eigenvalue weighted by molar-refractivity contribution is 0.00578. The Labute approximate surface area is 121 Å². The number of hydrogen-bond acceptors (Lipinski definition) is 2. The van der Waals surface area contributed by atoms with Crippen molar-refractivity contribution in [2.24, 2.45) is 0 Å². The molecule has 0 aliphatic carbocycles. The highest BCUT2D eigenvalue weighted by Crippen LogP contribution is 2.36. The SMILES string of the molecule is Cc1cc(B2OC(C)(C)C(C)(C)O2)c(F)cc1C(C)C. The summed E-state index contributed by atoms with van der Waals surface area (Å²) in [6.07, 6.45) is 0. The molecule has 1 fully saturated rings. The van der Waals surface area contributed by atoms with Crippen LogP contribution in [-0.2, 0) is 9.31 Å². The molecule has 0 saturated carbocycles. The van der Waals surface area contributed by atoms with Gasteiger partial charge in [-0.25, -0.2) is 4.39 Å².